The molecule has 27 heavy (non-hydrogen) atoms. The highest BCUT2D eigenvalue weighted by Gasteiger charge is 2.57. The maximum atomic E-state index is 11.5. The highest BCUT2D eigenvalue weighted by Crippen LogP contribution is 2.66. The van der Waals surface area contributed by atoms with Crippen molar-refractivity contribution >= 4 is 15.2 Å². The quantitative estimate of drug-likeness (QED) is 0.279. The van der Waals surface area contributed by atoms with Crippen LogP contribution in [-0.2, 0) is 22.1 Å². The lowest BCUT2D eigenvalue weighted by atomic mass is 10.1. The van der Waals surface area contributed by atoms with Crippen LogP contribution in [0.2, 0.25) is 0 Å². The van der Waals surface area contributed by atoms with Crippen LogP contribution in [0.4, 0.5) is 0 Å². The molecule has 1 rings (SSSR count). The van der Waals surface area contributed by atoms with Crippen molar-refractivity contribution < 1.29 is 28.7 Å². The molecule has 0 atom stereocenters. The average Bonchev–Trinajstić information content (AvgIpc) is 2.91. The van der Waals surface area contributed by atoms with Crippen LogP contribution < -0.4 is 5.73 Å². The van der Waals surface area contributed by atoms with E-state index >= 15 is 0 Å². The number of hydrogen-bond donors (Lipinski definition) is 5. The molecule has 0 aromatic carbocycles. The SMILES string of the molecule is CC(C)=CCC/C(C)=C\CCn1cc(CC(N)(P(=O)(O)O)P(=O)(O)O)nn1. The Kier molecular flexibility index (Phi) is 8.31. The van der Waals surface area contributed by atoms with Gasteiger partial charge in [0.05, 0.1) is 5.69 Å². The maximum Gasteiger partial charge on any atom is 0.358 e. The number of allylic oxidation sites excluding steroid dienone is 4. The summed E-state index contributed by atoms with van der Waals surface area (Å²) in [6, 6.07) is 0. The van der Waals surface area contributed by atoms with E-state index in [9.17, 15) is 28.7 Å². The van der Waals surface area contributed by atoms with E-state index in [-0.39, 0.29) is 5.69 Å². The van der Waals surface area contributed by atoms with E-state index in [1.165, 1.54) is 22.0 Å². The van der Waals surface area contributed by atoms with Gasteiger partial charge < -0.3 is 25.3 Å². The summed E-state index contributed by atoms with van der Waals surface area (Å²) in [7, 11) is -10.6. The molecule has 0 aliphatic rings. The number of nitrogens with zero attached hydrogens (tertiary/aromatic N) is 3. The van der Waals surface area contributed by atoms with Crippen LogP contribution in [0.3, 0.4) is 0 Å². The molecule has 0 bridgehead atoms. The second kappa shape index (κ2) is 9.39. The molecule has 0 saturated carbocycles. The summed E-state index contributed by atoms with van der Waals surface area (Å²) in [5.74, 6) is 0. The van der Waals surface area contributed by atoms with Gasteiger partial charge in [-0.15, -0.1) is 5.10 Å². The summed E-state index contributed by atoms with van der Waals surface area (Å²) in [6.45, 7) is 6.61. The fourth-order valence-electron chi connectivity index (χ4n) is 2.30. The normalized spacial score (nSPS) is 13.7. The van der Waals surface area contributed by atoms with Crippen molar-refractivity contribution in [2.75, 3.05) is 0 Å². The number of aryl methyl sites for hydroxylation is 1. The molecule has 1 aromatic heterocycles. The summed E-state index contributed by atoms with van der Waals surface area (Å²) < 4.78 is 24.4. The van der Waals surface area contributed by atoms with Crippen LogP contribution in [-0.4, -0.2) is 39.6 Å². The predicted octanol–water partition coefficient (Wildman–Crippen LogP) is 1.87. The molecule has 154 valence electrons. The van der Waals surface area contributed by atoms with Crippen LogP contribution in [0, 0.1) is 0 Å². The molecular formula is C15H28N4O6P2. The number of rotatable bonds is 10. The summed E-state index contributed by atoms with van der Waals surface area (Å²) >= 11 is 0. The minimum absolute atomic E-state index is 0.00610. The predicted molar refractivity (Wildman–Crippen MR) is 102 cm³/mol. The Hall–Kier alpha value is -1.12. The Morgan fingerprint density at radius 2 is 1.74 bits per heavy atom. The standard InChI is InChI=1S/C15H28N4O6P2/c1-12(2)6-4-7-13(3)8-5-9-19-11-14(17-18-19)10-15(16,26(20,21)22)27(23,24)25/h6,8,11H,4-5,7,9-10,16H2,1-3H3,(H2,20,21,22)(H2,23,24,25)/b13-8-. The van der Waals surface area contributed by atoms with Crippen LogP contribution in [0.1, 0.15) is 45.7 Å². The number of hydrogen-bond acceptors (Lipinski definition) is 5. The topological polar surface area (TPSA) is 172 Å². The second-order valence-electron chi connectivity index (χ2n) is 6.78. The van der Waals surface area contributed by atoms with E-state index in [2.05, 4.69) is 36.3 Å². The van der Waals surface area contributed by atoms with Gasteiger partial charge in [-0.1, -0.05) is 28.5 Å². The minimum Gasteiger partial charge on any atom is -0.323 e. The molecule has 0 amide bonds. The first-order chi connectivity index (χ1) is 12.3. The zero-order valence-corrected chi connectivity index (χ0v) is 17.5. The Morgan fingerprint density at radius 1 is 1.15 bits per heavy atom. The van der Waals surface area contributed by atoms with Gasteiger partial charge in [0, 0.05) is 19.2 Å². The number of aromatic nitrogens is 3. The highest BCUT2D eigenvalue weighted by molar-refractivity contribution is 7.72. The van der Waals surface area contributed by atoms with E-state index in [1.54, 1.807) is 0 Å². The van der Waals surface area contributed by atoms with Gasteiger partial charge in [-0.2, -0.15) is 0 Å². The molecule has 0 aliphatic carbocycles. The third-order valence-corrected chi connectivity index (χ3v) is 7.88. The van der Waals surface area contributed by atoms with Crippen molar-refractivity contribution in [1.82, 2.24) is 15.0 Å². The summed E-state index contributed by atoms with van der Waals surface area (Å²) in [5, 5.41) is 4.50. The van der Waals surface area contributed by atoms with Crippen molar-refractivity contribution in [3.63, 3.8) is 0 Å². The average molecular weight is 422 g/mol. The van der Waals surface area contributed by atoms with E-state index in [1.807, 2.05) is 6.92 Å². The molecule has 12 heteroatoms. The molecule has 6 N–H and O–H groups in total. The van der Waals surface area contributed by atoms with Crippen LogP contribution >= 0.6 is 15.2 Å². The molecule has 10 nitrogen and oxygen atoms in total. The van der Waals surface area contributed by atoms with Crippen molar-refractivity contribution in [3.8, 4) is 0 Å². The highest BCUT2D eigenvalue weighted by atomic mass is 31.2. The summed E-state index contributed by atoms with van der Waals surface area (Å²) in [5.41, 5.74) is 7.89. The molecule has 0 spiro atoms. The Balaban J connectivity index is 2.72. The third-order valence-electron chi connectivity index (χ3n) is 3.98. The van der Waals surface area contributed by atoms with Gasteiger partial charge in [0.2, 0.25) is 5.02 Å². The van der Waals surface area contributed by atoms with Gasteiger partial charge in [0.1, 0.15) is 0 Å². The Labute approximate surface area is 158 Å². The smallest absolute Gasteiger partial charge is 0.323 e. The van der Waals surface area contributed by atoms with Crippen molar-refractivity contribution in [2.24, 2.45) is 5.73 Å². The zero-order valence-electron chi connectivity index (χ0n) is 15.7. The summed E-state index contributed by atoms with van der Waals surface area (Å²) in [4.78, 5) is 37.1. The third kappa shape index (κ3) is 7.08. The van der Waals surface area contributed by atoms with Crippen molar-refractivity contribution in [2.45, 2.75) is 58.0 Å². The Bertz CT molecular complexity index is 766. The lowest BCUT2D eigenvalue weighted by molar-refractivity contribution is 0.307. The number of nitrogens with two attached hydrogens (primary N) is 1. The second-order valence-corrected chi connectivity index (χ2v) is 10.9. The fraction of sp³-hybridized carbons (Fsp3) is 0.600. The minimum atomic E-state index is -5.29. The van der Waals surface area contributed by atoms with Gasteiger partial charge in [-0.05, 0) is 40.0 Å². The summed E-state index contributed by atoms with van der Waals surface area (Å²) in [6.07, 6.45) is 7.42. The molecule has 0 fully saturated rings. The molecular weight excluding hydrogens is 394 g/mol. The zero-order chi connectivity index (χ0) is 20.9. The first kappa shape index (κ1) is 23.9. The van der Waals surface area contributed by atoms with Crippen molar-refractivity contribution in [1.29, 1.82) is 0 Å². The molecule has 0 unspecified atom stereocenters. The Morgan fingerprint density at radius 3 is 2.26 bits per heavy atom. The largest absolute Gasteiger partial charge is 0.358 e. The monoisotopic (exact) mass is 422 g/mol. The first-order valence-electron chi connectivity index (χ1n) is 8.34. The maximum absolute atomic E-state index is 11.5. The molecule has 1 aromatic rings. The van der Waals surface area contributed by atoms with E-state index in [4.69, 9.17) is 5.73 Å². The van der Waals surface area contributed by atoms with E-state index in [0.717, 1.165) is 12.8 Å². The van der Waals surface area contributed by atoms with E-state index < -0.39 is 26.6 Å². The molecule has 0 saturated heterocycles. The van der Waals surface area contributed by atoms with Gasteiger partial charge in [-0.3, -0.25) is 13.8 Å². The van der Waals surface area contributed by atoms with Crippen LogP contribution in [0.5, 0.6) is 0 Å². The van der Waals surface area contributed by atoms with Crippen LogP contribution in [0.15, 0.2) is 29.5 Å². The van der Waals surface area contributed by atoms with Gasteiger partial charge in [0.15, 0.2) is 0 Å². The van der Waals surface area contributed by atoms with Crippen LogP contribution in [0.25, 0.3) is 0 Å². The van der Waals surface area contributed by atoms with Gasteiger partial charge in [0.25, 0.3) is 0 Å². The molecule has 0 aliphatic heterocycles. The first-order valence-corrected chi connectivity index (χ1v) is 11.6. The lowest BCUT2D eigenvalue weighted by Gasteiger charge is -2.29. The van der Waals surface area contributed by atoms with Crippen molar-refractivity contribution in [3.05, 3.63) is 35.2 Å². The van der Waals surface area contributed by atoms with E-state index in [0.29, 0.717) is 13.0 Å². The van der Waals surface area contributed by atoms with Gasteiger partial charge >= 0.3 is 15.2 Å². The molecule has 0 radical (unpaired) electrons. The molecule has 1 heterocycles. The van der Waals surface area contributed by atoms with Gasteiger partial charge in [-0.25, -0.2) is 0 Å². The lowest BCUT2D eigenvalue weighted by Crippen LogP contribution is -2.41. The fourth-order valence-corrected chi connectivity index (χ4v) is 4.40.